The number of methoxy groups -OCH3 is 1. The normalized spacial score (nSPS) is 18.1. The third kappa shape index (κ3) is 5.35. The summed E-state index contributed by atoms with van der Waals surface area (Å²) in [6.07, 6.45) is 4.98. The number of likely N-dealkylation sites (N-methyl/N-ethyl adjacent to an activating group) is 1. The molecule has 2 aromatic carbocycles. The van der Waals surface area contributed by atoms with E-state index in [0.29, 0.717) is 56.2 Å². The fraction of sp³-hybridized carbons (Fsp3) is 0.467. The minimum absolute atomic E-state index is 0.150. The number of para-hydroxylation sites is 3. The number of nitrogens with zero attached hydrogens (tertiary/aromatic N) is 5. The summed E-state index contributed by atoms with van der Waals surface area (Å²) in [6, 6.07) is 15.7. The summed E-state index contributed by atoms with van der Waals surface area (Å²) in [5, 5.41) is 8.50. The summed E-state index contributed by atoms with van der Waals surface area (Å²) < 4.78 is 13.1. The van der Waals surface area contributed by atoms with Gasteiger partial charge in [-0.25, -0.2) is 4.68 Å². The van der Waals surface area contributed by atoms with Crippen molar-refractivity contribution < 1.29 is 19.1 Å². The molecule has 1 saturated heterocycles. The predicted molar refractivity (Wildman–Crippen MR) is 147 cm³/mol. The smallest absolute Gasteiger partial charge is 0.276 e. The molecule has 0 bridgehead atoms. The summed E-state index contributed by atoms with van der Waals surface area (Å²) in [7, 11) is 3.47. The van der Waals surface area contributed by atoms with Gasteiger partial charge in [0.15, 0.2) is 5.69 Å². The van der Waals surface area contributed by atoms with Gasteiger partial charge in [-0.2, -0.15) is 0 Å². The summed E-state index contributed by atoms with van der Waals surface area (Å²) >= 11 is 0. The Balaban J connectivity index is 1.29. The van der Waals surface area contributed by atoms with Gasteiger partial charge >= 0.3 is 0 Å². The van der Waals surface area contributed by atoms with E-state index >= 15 is 0 Å². The van der Waals surface area contributed by atoms with Gasteiger partial charge in [-0.15, -0.1) is 5.10 Å². The van der Waals surface area contributed by atoms with Crippen molar-refractivity contribution in [3.05, 3.63) is 65.5 Å². The number of carbonyl (C=O) groups is 2. The average Bonchev–Trinajstić information content (AvgIpc) is 3.35. The lowest BCUT2D eigenvalue weighted by atomic mass is 9.73. The van der Waals surface area contributed by atoms with Gasteiger partial charge < -0.3 is 19.3 Å². The van der Waals surface area contributed by atoms with Crippen LogP contribution in [0.25, 0.3) is 5.69 Å². The quantitative estimate of drug-likeness (QED) is 0.506. The fourth-order valence-electron chi connectivity index (χ4n) is 5.85. The van der Waals surface area contributed by atoms with Gasteiger partial charge in [-0.3, -0.25) is 9.59 Å². The van der Waals surface area contributed by atoms with Crippen molar-refractivity contribution in [1.82, 2.24) is 24.8 Å². The highest BCUT2D eigenvalue weighted by Crippen LogP contribution is 2.39. The van der Waals surface area contributed by atoms with Crippen LogP contribution in [0.2, 0.25) is 0 Å². The Morgan fingerprint density at radius 1 is 1.00 bits per heavy atom. The molecule has 2 aliphatic heterocycles. The van der Waals surface area contributed by atoms with E-state index in [1.54, 1.807) is 11.8 Å². The first-order valence-corrected chi connectivity index (χ1v) is 13.7. The highest BCUT2D eigenvalue weighted by molar-refractivity contribution is 5.93. The molecule has 1 aromatic heterocycles. The third-order valence-electron chi connectivity index (χ3n) is 8.23. The molecule has 0 saturated carbocycles. The molecule has 206 valence electrons. The second kappa shape index (κ2) is 11.5. The second-order valence-corrected chi connectivity index (χ2v) is 10.6. The van der Waals surface area contributed by atoms with E-state index in [1.165, 1.54) is 5.56 Å². The Morgan fingerprint density at radius 2 is 1.74 bits per heavy atom. The summed E-state index contributed by atoms with van der Waals surface area (Å²) in [4.78, 5) is 30.9. The number of aromatic nitrogens is 3. The molecular formula is C30H37N5O4. The molecule has 2 amide bonds. The highest BCUT2D eigenvalue weighted by atomic mass is 16.5. The summed E-state index contributed by atoms with van der Waals surface area (Å²) in [6.45, 7) is 3.86. The zero-order valence-electron chi connectivity index (χ0n) is 23.1. The zero-order valence-corrected chi connectivity index (χ0v) is 23.1. The van der Waals surface area contributed by atoms with E-state index in [0.717, 1.165) is 37.1 Å². The van der Waals surface area contributed by atoms with Crippen LogP contribution in [0.3, 0.4) is 0 Å². The number of benzene rings is 2. The molecule has 3 heterocycles. The van der Waals surface area contributed by atoms with Crippen molar-refractivity contribution in [3.63, 3.8) is 0 Å². The minimum Gasteiger partial charge on any atom is -0.494 e. The van der Waals surface area contributed by atoms with Crippen LogP contribution in [0.1, 0.15) is 53.8 Å². The number of aryl methyl sites for hydroxylation is 1. The molecule has 1 fully saturated rings. The lowest BCUT2D eigenvalue weighted by Gasteiger charge is -2.42. The molecule has 2 aliphatic rings. The largest absolute Gasteiger partial charge is 0.494 e. The van der Waals surface area contributed by atoms with Crippen LogP contribution >= 0.6 is 0 Å². The van der Waals surface area contributed by atoms with Crippen LogP contribution in [-0.2, 0) is 11.2 Å². The van der Waals surface area contributed by atoms with E-state index in [9.17, 15) is 9.59 Å². The first-order valence-electron chi connectivity index (χ1n) is 13.7. The molecule has 9 heteroatoms. The monoisotopic (exact) mass is 531 g/mol. The summed E-state index contributed by atoms with van der Waals surface area (Å²) in [5.41, 5.74) is 2.48. The molecule has 0 aliphatic carbocycles. The topological polar surface area (TPSA) is 89.8 Å². The molecule has 5 rings (SSSR count). The molecule has 0 radical (unpaired) electrons. The Hall–Kier alpha value is -3.88. The molecule has 0 unspecified atom stereocenters. The van der Waals surface area contributed by atoms with Gasteiger partial charge in [0.05, 0.1) is 24.8 Å². The maximum Gasteiger partial charge on any atom is 0.276 e. The van der Waals surface area contributed by atoms with Crippen LogP contribution in [-0.4, -0.2) is 77.0 Å². The molecule has 0 N–H and O–H groups in total. The van der Waals surface area contributed by atoms with Crippen molar-refractivity contribution in [2.24, 2.45) is 5.41 Å². The molecule has 0 atom stereocenters. The summed E-state index contributed by atoms with van der Waals surface area (Å²) in [5.74, 6) is 1.58. The van der Waals surface area contributed by atoms with E-state index in [4.69, 9.17) is 9.47 Å². The first kappa shape index (κ1) is 26.7. The van der Waals surface area contributed by atoms with Crippen LogP contribution in [0.5, 0.6) is 11.5 Å². The standard InChI is InChI=1S/C30H37N5O4/c1-22-27(31-32-35(22)24-12-5-7-14-26(24)38-3)28(36)34-18-16-30(17-19-34)15-9-8-11-23-10-4-6-13-25(23)39-21-20-33(2)29(30)37/h4-7,10,12-14H,8-9,11,15-21H2,1-3H3. The average molecular weight is 532 g/mol. The fourth-order valence-corrected chi connectivity index (χ4v) is 5.85. The van der Waals surface area contributed by atoms with E-state index < -0.39 is 5.41 Å². The van der Waals surface area contributed by atoms with Crippen LogP contribution < -0.4 is 9.47 Å². The van der Waals surface area contributed by atoms with Crippen LogP contribution in [0, 0.1) is 12.3 Å². The lowest BCUT2D eigenvalue weighted by Crippen LogP contribution is -2.51. The predicted octanol–water partition coefficient (Wildman–Crippen LogP) is 4.07. The highest BCUT2D eigenvalue weighted by Gasteiger charge is 2.43. The van der Waals surface area contributed by atoms with E-state index in [1.807, 2.05) is 60.2 Å². The SMILES string of the molecule is COc1ccccc1-n1nnc(C(=O)N2CCC3(CCCCc4ccccc4OCCN(C)C3=O)CC2)c1C. The van der Waals surface area contributed by atoms with Crippen molar-refractivity contribution in [3.8, 4) is 17.2 Å². The van der Waals surface area contributed by atoms with Gasteiger partial charge in [0.1, 0.15) is 23.8 Å². The number of hydrogen-bond acceptors (Lipinski definition) is 6. The Morgan fingerprint density at radius 3 is 2.54 bits per heavy atom. The first-order chi connectivity index (χ1) is 18.9. The van der Waals surface area contributed by atoms with Gasteiger partial charge in [0, 0.05) is 20.1 Å². The van der Waals surface area contributed by atoms with Gasteiger partial charge in [0.25, 0.3) is 5.91 Å². The van der Waals surface area contributed by atoms with Gasteiger partial charge in [-0.05, 0) is 62.8 Å². The van der Waals surface area contributed by atoms with E-state index in [2.05, 4.69) is 22.4 Å². The number of fused-ring (bicyclic) bond motifs is 1. The second-order valence-electron chi connectivity index (χ2n) is 10.6. The molecule has 1 spiro atoms. The molecule has 39 heavy (non-hydrogen) atoms. The number of likely N-dealkylation sites (tertiary alicyclic amines) is 1. The maximum atomic E-state index is 13.7. The molecule has 9 nitrogen and oxygen atoms in total. The Labute approximate surface area is 229 Å². The number of carbonyl (C=O) groups excluding carboxylic acids is 2. The number of hydrogen-bond donors (Lipinski definition) is 0. The van der Waals surface area contributed by atoms with Crippen molar-refractivity contribution in [1.29, 1.82) is 0 Å². The van der Waals surface area contributed by atoms with Gasteiger partial charge in [-0.1, -0.05) is 42.0 Å². The number of piperidine rings is 1. The minimum atomic E-state index is -0.464. The number of amides is 2. The van der Waals surface area contributed by atoms with Crippen molar-refractivity contribution in [2.75, 3.05) is 40.4 Å². The zero-order chi connectivity index (χ0) is 27.4. The number of rotatable bonds is 3. The van der Waals surface area contributed by atoms with Gasteiger partial charge in [0.2, 0.25) is 5.91 Å². The lowest BCUT2D eigenvalue weighted by molar-refractivity contribution is -0.144. The van der Waals surface area contributed by atoms with Crippen LogP contribution in [0.15, 0.2) is 48.5 Å². The van der Waals surface area contributed by atoms with Crippen molar-refractivity contribution >= 4 is 11.8 Å². The van der Waals surface area contributed by atoms with E-state index in [-0.39, 0.29) is 11.8 Å². The number of ether oxygens (including phenoxy) is 2. The maximum absolute atomic E-state index is 13.7. The Kier molecular flexibility index (Phi) is 7.86. The third-order valence-corrected chi connectivity index (χ3v) is 8.23. The van der Waals surface area contributed by atoms with Crippen molar-refractivity contribution in [2.45, 2.75) is 45.4 Å². The molecule has 3 aromatic rings. The van der Waals surface area contributed by atoms with Crippen LogP contribution in [0.4, 0.5) is 0 Å². The Bertz CT molecular complexity index is 1330. The molecular weight excluding hydrogens is 494 g/mol.